The van der Waals surface area contributed by atoms with Crippen LogP contribution in [-0.2, 0) is 10.4 Å². The van der Waals surface area contributed by atoms with E-state index in [0.29, 0.717) is 11.1 Å². The van der Waals surface area contributed by atoms with Crippen molar-refractivity contribution in [3.05, 3.63) is 102 Å². The number of rotatable bonds is 3. The van der Waals surface area contributed by atoms with E-state index in [1.54, 1.807) is 24.3 Å². The Kier molecular flexibility index (Phi) is 3.94. The highest BCUT2D eigenvalue weighted by Gasteiger charge is 2.47. The van der Waals surface area contributed by atoms with Gasteiger partial charge in [0.25, 0.3) is 0 Å². The maximum absolute atomic E-state index is 12.0. The van der Waals surface area contributed by atoms with Gasteiger partial charge in [-0.2, -0.15) is 0 Å². The van der Waals surface area contributed by atoms with Gasteiger partial charge in [0, 0.05) is 5.56 Å². The van der Waals surface area contributed by atoms with E-state index in [4.69, 9.17) is 0 Å². The van der Waals surface area contributed by atoms with Crippen LogP contribution in [0.2, 0.25) is 0 Å². The van der Waals surface area contributed by atoms with Gasteiger partial charge in [-0.25, -0.2) is 0 Å². The number of carboxylic acid groups (broad SMARTS) is 1. The standard InChI is InChI=1S/C23H18O3/c24-22(25)20-15-14-17-10-7-13-19(16-8-3-1-4-9-16)21(17)23(20,26)18-11-5-2-6-12-18/h1-15,20,26H,(H,24,25). The summed E-state index contributed by atoms with van der Waals surface area (Å²) in [6.07, 6.45) is 3.37. The molecule has 2 atom stereocenters. The smallest absolute Gasteiger partial charge is 0.314 e. The van der Waals surface area contributed by atoms with Crippen LogP contribution in [0, 0.1) is 5.92 Å². The lowest BCUT2D eigenvalue weighted by atomic mass is 9.69. The van der Waals surface area contributed by atoms with Crippen LogP contribution in [0.3, 0.4) is 0 Å². The summed E-state index contributed by atoms with van der Waals surface area (Å²) < 4.78 is 0. The number of aliphatic hydroxyl groups is 1. The summed E-state index contributed by atoms with van der Waals surface area (Å²) in [7, 11) is 0. The normalized spacial score (nSPS) is 21.2. The van der Waals surface area contributed by atoms with Crippen LogP contribution >= 0.6 is 0 Å². The zero-order valence-electron chi connectivity index (χ0n) is 14.0. The quantitative estimate of drug-likeness (QED) is 0.745. The van der Waals surface area contributed by atoms with Gasteiger partial charge in [-0.15, -0.1) is 0 Å². The van der Waals surface area contributed by atoms with E-state index >= 15 is 0 Å². The predicted octanol–water partition coefficient (Wildman–Crippen LogP) is 4.32. The van der Waals surface area contributed by atoms with Crippen molar-refractivity contribution >= 4 is 12.0 Å². The molecule has 1 aliphatic carbocycles. The molecule has 128 valence electrons. The average molecular weight is 342 g/mol. The minimum Gasteiger partial charge on any atom is -0.481 e. The molecule has 3 nitrogen and oxygen atoms in total. The monoisotopic (exact) mass is 342 g/mol. The molecule has 2 N–H and O–H groups in total. The second kappa shape index (κ2) is 6.28. The van der Waals surface area contributed by atoms with Gasteiger partial charge in [0.2, 0.25) is 0 Å². The Bertz CT molecular complexity index is 977. The Morgan fingerprint density at radius 2 is 1.50 bits per heavy atom. The Morgan fingerprint density at radius 1 is 0.846 bits per heavy atom. The first kappa shape index (κ1) is 16.3. The second-order valence-electron chi connectivity index (χ2n) is 6.44. The lowest BCUT2D eigenvalue weighted by Gasteiger charge is -2.38. The molecule has 26 heavy (non-hydrogen) atoms. The summed E-state index contributed by atoms with van der Waals surface area (Å²) in [4.78, 5) is 12.0. The van der Waals surface area contributed by atoms with E-state index in [9.17, 15) is 15.0 Å². The minimum atomic E-state index is -1.65. The van der Waals surface area contributed by atoms with Crippen LogP contribution < -0.4 is 0 Å². The molecule has 0 aliphatic heterocycles. The molecule has 0 saturated carbocycles. The largest absolute Gasteiger partial charge is 0.481 e. The van der Waals surface area contributed by atoms with Gasteiger partial charge in [0.05, 0.1) is 0 Å². The third-order valence-electron chi connectivity index (χ3n) is 4.96. The highest BCUT2D eigenvalue weighted by molar-refractivity contribution is 5.84. The van der Waals surface area contributed by atoms with Crippen molar-refractivity contribution in [1.29, 1.82) is 0 Å². The van der Waals surface area contributed by atoms with Gasteiger partial charge >= 0.3 is 5.97 Å². The first-order valence-corrected chi connectivity index (χ1v) is 8.50. The zero-order valence-corrected chi connectivity index (χ0v) is 14.0. The van der Waals surface area contributed by atoms with E-state index in [0.717, 1.165) is 16.7 Å². The van der Waals surface area contributed by atoms with Crippen molar-refractivity contribution in [3.8, 4) is 11.1 Å². The summed E-state index contributed by atoms with van der Waals surface area (Å²) in [5, 5.41) is 21.6. The zero-order chi connectivity index (χ0) is 18.1. The van der Waals surface area contributed by atoms with Crippen molar-refractivity contribution in [2.24, 2.45) is 5.92 Å². The average Bonchev–Trinajstić information content (AvgIpc) is 2.69. The first-order chi connectivity index (χ1) is 12.6. The van der Waals surface area contributed by atoms with E-state index in [1.807, 2.05) is 66.7 Å². The van der Waals surface area contributed by atoms with Crippen molar-refractivity contribution < 1.29 is 15.0 Å². The molecule has 0 heterocycles. The number of carboxylic acids is 1. The SMILES string of the molecule is O=C(O)C1C=Cc2cccc(-c3ccccc3)c2C1(O)c1ccccc1. The van der Waals surface area contributed by atoms with E-state index < -0.39 is 17.5 Å². The fraction of sp³-hybridized carbons (Fsp3) is 0.0870. The molecular formula is C23H18O3. The third-order valence-corrected chi connectivity index (χ3v) is 4.96. The molecular weight excluding hydrogens is 324 g/mol. The first-order valence-electron chi connectivity index (χ1n) is 8.50. The van der Waals surface area contributed by atoms with Crippen LogP contribution in [-0.4, -0.2) is 16.2 Å². The summed E-state index contributed by atoms with van der Waals surface area (Å²) in [5.74, 6) is -2.12. The van der Waals surface area contributed by atoms with Gasteiger partial charge in [-0.1, -0.05) is 91.0 Å². The lowest BCUT2D eigenvalue weighted by Crippen LogP contribution is -2.42. The van der Waals surface area contributed by atoms with Crippen LogP contribution in [0.4, 0.5) is 0 Å². The Labute approximate surface area is 151 Å². The minimum absolute atomic E-state index is 0.571. The molecule has 3 heteroatoms. The van der Waals surface area contributed by atoms with Crippen LogP contribution in [0.5, 0.6) is 0 Å². The molecule has 2 unspecified atom stereocenters. The second-order valence-corrected chi connectivity index (χ2v) is 6.44. The molecule has 0 radical (unpaired) electrons. The van der Waals surface area contributed by atoms with E-state index in [-0.39, 0.29) is 0 Å². The highest BCUT2D eigenvalue weighted by Crippen LogP contribution is 2.47. The summed E-state index contributed by atoms with van der Waals surface area (Å²) in [6.45, 7) is 0. The van der Waals surface area contributed by atoms with Crippen molar-refractivity contribution in [3.63, 3.8) is 0 Å². The molecule has 3 aromatic rings. The summed E-state index contributed by atoms with van der Waals surface area (Å²) in [5.41, 5.74) is 2.16. The molecule has 4 rings (SSSR count). The summed E-state index contributed by atoms with van der Waals surface area (Å²) in [6, 6.07) is 24.5. The maximum Gasteiger partial charge on any atom is 0.314 e. The number of carbonyl (C=O) groups is 1. The molecule has 0 saturated heterocycles. The van der Waals surface area contributed by atoms with E-state index in [2.05, 4.69) is 0 Å². The number of aliphatic carboxylic acids is 1. The Hall–Kier alpha value is -3.17. The number of hydrogen-bond donors (Lipinski definition) is 2. The van der Waals surface area contributed by atoms with Gasteiger partial charge in [-0.3, -0.25) is 4.79 Å². The van der Waals surface area contributed by atoms with Gasteiger partial charge < -0.3 is 10.2 Å². The number of benzene rings is 3. The van der Waals surface area contributed by atoms with Crippen molar-refractivity contribution in [1.82, 2.24) is 0 Å². The molecule has 0 aromatic heterocycles. The molecule has 1 aliphatic rings. The third kappa shape index (κ3) is 2.45. The van der Waals surface area contributed by atoms with Crippen LogP contribution in [0.15, 0.2) is 84.9 Å². The van der Waals surface area contributed by atoms with Crippen LogP contribution in [0.25, 0.3) is 17.2 Å². The van der Waals surface area contributed by atoms with Gasteiger partial charge in [0.1, 0.15) is 11.5 Å². The van der Waals surface area contributed by atoms with Crippen LogP contribution in [0.1, 0.15) is 16.7 Å². The van der Waals surface area contributed by atoms with Crippen molar-refractivity contribution in [2.45, 2.75) is 5.60 Å². The summed E-state index contributed by atoms with van der Waals surface area (Å²) >= 11 is 0. The van der Waals surface area contributed by atoms with Gasteiger partial charge in [0.15, 0.2) is 0 Å². The molecule has 0 spiro atoms. The Morgan fingerprint density at radius 3 is 2.15 bits per heavy atom. The number of hydrogen-bond acceptors (Lipinski definition) is 2. The highest BCUT2D eigenvalue weighted by atomic mass is 16.4. The lowest BCUT2D eigenvalue weighted by molar-refractivity contribution is -0.147. The number of fused-ring (bicyclic) bond motifs is 1. The van der Waals surface area contributed by atoms with E-state index in [1.165, 1.54) is 0 Å². The predicted molar refractivity (Wildman–Crippen MR) is 101 cm³/mol. The van der Waals surface area contributed by atoms with Gasteiger partial charge in [-0.05, 0) is 22.3 Å². The fourth-order valence-electron chi connectivity index (χ4n) is 3.76. The topological polar surface area (TPSA) is 57.5 Å². The Balaban J connectivity index is 2.06. The molecule has 0 fully saturated rings. The van der Waals surface area contributed by atoms with Crippen molar-refractivity contribution in [2.75, 3.05) is 0 Å². The molecule has 0 bridgehead atoms. The maximum atomic E-state index is 12.0. The molecule has 3 aromatic carbocycles. The molecule has 0 amide bonds. The fourth-order valence-corrected chi connectivity index (χ4v) is 3.76.